The van der Waals surface area contributed by atoms with Gasteiger partial charge in [-0.3, -0.25) is 0 Å². The third-order valence-corrected chi connectivity index (χ3v) is 4.18. The molecule has 1 heterocycles. The maximum atomic E-state index is 5.72. The molecule has 0 amide bonds. The number of nitrogen functional groups attached to an aromatic ring is 2. The Morgan fingerprint density at radius 3 is 2.82 bits per heavy atom. The molecule has 0 spiro atoms. The second-order valence-electron chi connectivity index (χ2n) is 3.60. The maximum Gasteiger partial charge on any atom is 0.203 e. The molecular weight excluding hydrogens is 252 g/mol. The summed E-state index contributed by atoms with van der Waals surface area (Å²) in [6, 6.07) is 8.02. The molecule has 2 aromatic rings. The molecule has 0 aliphatic carbocycles. The Labute approximate surface area is 108 Å². The Kier molecular flexibility index (Phi) is 4.22. The van der Waals surface area contributed by atoms with Gasteiger partial charge in [-0.15, -0.1) is 10.2 Å². The number of anilines is 2. The van der Waals surface area contributed by atoms with Crippen molar-refractivity contribution in [2.24, 2.45) is 0 Å². The van der Waals surface area contributed by atoms with E-state index in [1.165, 1.54) is 16.9 Å². The predicted octanol–water partition coefficient (Wildman–Crippen LogP) is 2.43. The van der Waals surface area contributed by atoms with Gasteiger partial charge in [-0.25, -0.2) is 0 Å². The Balaban J connectivity index is 1.73. The van der Waals surface area contributed by atoms with Crippen molar-refractivity contribution in [1.29, 1.82) is 0 Å². The van der Waals surface area contributed by atoms with Crippen LogP contribution >= 0.6 is 23.1 Å². The van der Waals surface area contributed by atoms with Crippen molar-refractivity contribution in [3.8, 4) is 0 Å². The van der Waals surface area contributed by atoms with Gasteiger partial charge < -0.3 is 11.5 Å². The lowest BCUT2D eigenvalue weighted by molar-refractivity contribution is 0.930. The minimum absolute atomic E-state index is 0.531. The van der Waals surface area contributed by atoms with Crippen molar-refractivity contribution in [3.63, 3.8) is 0 Å². The van der Waals surface area contributed by atoms with E-state index in [4.69, 9.17) is 11.5 Å². The summed E-state index contributed by atoms with van der Waals surface area (Å²) in [7, 11) is 0. The zero-order chi connectivity index (χ0) is 12.1. The normalized spacial score (nSPS) is 10.6. The number of aromatic nitrogens is 2. The van der Waals surface area contributed by atoms with E-state index in [2.05, 4.69) is 16.3 Å². The minimum Gasteiger partial charge on any atom is -0.399 e. The summed E-state index contributed by atoms with van der Waals surface area (Å²) in [6.45, 7) is 0. The topological polar surface area (TPSA) is 77.8 Å². The molecule has 0 bridgehead atoms. The number of rotatable bonds is 5. The zero-order valence-electron chi connectivity index (χ0n) is 9.30. The fourth-order valence-corrected chi connectivity index (χ4v) is 3.11. The average molecular weight is 266 g/mol. The second-order valence-corrected chi connectivity index (χ2v) is 5.95. The van der Waals surface area contributed by atoms with Crippen LogP contribution in [0.15, 0.2) is 28.6 Å². The average Bonchev–Trinajstić information content (AvgIpc) is 2.71. The molecular formula is C11H14N4S2. The molecule has 17 heavy (non-hydrogen) atoms. The summed E-state index contributed by atoms with van der Waals surface area (Å²) in [5, 5.41) is 8.27. The van der Waals surface area contributed by atoms with Crippen LogP contribution in [-0.4, -0.2) is 16.0 Å². The first kappa shape index (κ1) is 12.2. The second kappa shape index (κ2) is 5.88. The SMILES string of the molecule is Nc1cccc(CCCSc2nnc(N)s2)c1. The fraction of sp³-hybridized carbons (Fsp3) is 0.273. The van der Waals surface area contributed by atoms with Crippen molar-refractivity contribution >= 4 is 33.9 Å². The Morgan fingerprint density at radius 2 is 2.12 bits per heavy atom. The highest BCUT2D eigenvalue weighted by atomic mass is 32.2. The first-order valence-corrected chi connectivity index (χ1v) is 7.10. The van der Waals surface area contributed by atoms with Crippen LogP contribution in [0.5, 0.6) is 0 Å². The Morgan fingerprint density at radius 1 is 1.24 bits per heavy atom. The van der Waals surface area contributed by atoms with Crippen molar-refractivity contribution in [2.75, 3.05) is 17.2 Å². The molecule has 1 aromatic carbocycles. The Bertz CT molecular complexity index is 484. The first-order chi connectivity index (χ1) is 8.24. The predicted molar refractivity (Wildman–Crippen MR) is 74.2 cm³/mol. The van der Waals surface area contributed by atoms with Crippen LogP contribution in [0, 0.1) is 0 Å². The lowest BCUT2D eigenvalue weighted by Gasteiger charge is -2.01. The molecule has 1 aromatic heterocycles. The van der Waals surface area contributed by atoms with E-state index in [1.807, 2.05) is 18.2 Å². The number of benzene rings is 1. The maximum absolute atomic E-state index is 5.72. The van der Waals surface area contributed by atoms with Gasteiger partial charge in [0.1, 0.15) is 0 Å². The van der Waals surface area contributed by atoms with Gasteiger partial charge >= 0.3 is 0 Å². The van der Waals surface area contributed by atoms with Crippen LogP contribution in [0.1, 0.15) is 12.0 Å². The summed E-state index contributed by atoms with van der Waals surface area (Å²) >= 11 is 3.13. The van der Waals surface area contributed by atoms with E-state index in [0.717, 1.165) is 28.6 Å². The number of nitrogens with two attached hydrogens (primary N) is 2. The smallest absolute Gasteiger partial charge is 0.203 e. The van der Waals surface area contributed by atoms with Gasteiger partial charge in [-0.2, -0.15) is 0 Å². The van der Waals surface area contributed by atoms with E-state index in [-0.39, 0.29) is 0 Å². The summed E-state index contributed by atoms with van der Waals surface area (Å²) in [5.74, 6) is 1.02. The van der Waals surface area contributed by atoms with Gasteiger partial charge in [-0.05, 0) is 30.5 Å². The quantitative estimate of drug-likeness (QED) is 0.494. The highest BCUT2D eigenvalue weighted by Gasteiger charge is 2.01. The number of thioether (sulfide) groups is 1. The minimum atomic E-state index is 0.531. The van der Waals surface area contributed by atoms with Gasteiger partial charge in [0, 0.05) is 11.4 Å². The molecule has 6 heteroatoms. The van der Waals surface area contributed by atoms with E-state index in [0.29, 0.717) is 5.13 Å². The Hall–Kier alpha value is -1.27. The van der Waals surface area contributed by atoms with Gasteiger partial charge in [0.05, 0.1) is 0 Å². The monoisotopic (exact) mass is 266 g/mol. The van der Waals surface area contributed by atoms with Gasteiger partial charge in [0.25, 0.3) is 0 Å². The molecule has 0 saturated carbocycles. The van der Waals surface area contributed by atoms with Crippen LogP contribution in [0.2, 0.25) is 0 Å². The molecule has 0 aliphatic heterocycles. The molecule has 0 radical (unpaired) electrons. The van der Waals surface area contributed by atoms with Crippen LogP contribution in [-0.2, 0) is 6.42 Å². The van der Waals surface area contributed by atoms with E-state index < -0.39 is 0 Å². The van der Waals surface area contributed by atoms with E-state index in [1.54, 1.807) is 11.8 Å². The number of hydrogen-bond acceptors (Lipinski definition) is 6. The van der Waals surface area contributed by atoms with Crippen molar-refractivity contribution < 1.29 is 0 Å². The summed E-state index contributed by atoms with van der Waals surface area (Å²) in [5.41, 5.74) is 13.3. The van der Waals surface area contributed by atoms with E-state index in [9.17, 15) is 0 Å². The summed E-state index contributed by atoms with van der Waals surface area (Å²) in [4.78, 5) is 0. The standard InChI is InChI=1S/C11H14N4S2/c12-9-5-1-3-8(7-9)4-2-6-16-11-15-14-10(13)17-11/h1,3,5,7H,2,4,6,12H2,(H2,13,14). The molecule has 90 valence electrons. The number of nitrogens with zero attached hydrogens (tertiary/aromatic N) is 2. The molecule has 0 atom stereocenters. The van der Waals surface area contributed by atoms with Crippen molar-refractivity contribution in [1.82, 2.24) is 10.2 Å². The van der Waals surface area contributed by atoms with Crippen molar-refractivity contribution in [2.45, 2.75) is 17.2 Å². The largest absolute Gasteiger partial charge is 0.399 e. The number of aryl methyl sites for hydroxylation is 1. The highest BCUT2D eigenvalue weighted by molar-refractivity contribution is 8.01. The van der Waals surface area contributed by atoms with Crippen LogP contribution in [0.25, 0.3) is 0 Å². The van der Waals surface area contributed by atoms with Gasteiger partial charge in [0.15, 0.2) is 4.34 Å². The van der Waals surface area contributed by atoms with Gasteiger partial charge in [-0.1, -0.05) is 35.2 Å². The fourth-order valence-electron chi connectivity index (χ4n) is 1.46. The van der Waals surface area contributed by atoms with Crippen LogP contribution < -0.4 is 11.5 Å². The zero-order valence-corrected chi connectivity index (χ0v) is 10.9. The molecule has 0 aliphatic rings. The summed E-state index contributed by atoms with van der Waals surface area (Å²) in [6.07, 6.45) is 2.12. The van der Waals surface area contributed by atoms with Crippen LogP contribution in [0.4, 0.5) is 10.8 Å². The summed E-state index contributed by atoms with van der Waals surface area (Å²) < 4.78 is 0.940. The molecule has 0 unspecified atom stereocenters. The third-order valence-electron chi connectivity index (χ3n) is 2.21. The molecule has 0 fully saturated rings. The third kappa shape index (κ3) is 3.90. The number of hydrogen-bond donors (Lipinski definition) is 2. The lowest BCUT2D eigenvalue weighted by Crippen LogP contribution is -1.90. The van der Waals surface area contributed by atoms with Crippen LogP contribution in [0.3, 0.4) is 0 Å². The molecule has 4 N–H and O–H groups in total. The van der Waals surface area contributed by atoms with Gasteiger partial charge in [0.2, 0.25) is 5.13 Å². The molecule has 0 saturated heterocycles. The van der Waals surface area contributed by atoms with E-state index >= 15 is 0 Å². The highest BCUT2D eigenvalue weighted by Crippen LogP contribution is 2.24. The molecule has 4 nitrogen and oxygen atoms in total. The molecule has 2 rings (SSSR count). The first-order valence-electron chi connectivity index (χ1n) is 5.30. The lowest BCUT2D eigenvalue weighted by atomic mass is 10.1. The van der Waals surface area contributed by atoms with Crippen molar-refractivity contribution in [3.05, 3.63) is 29.8 Å².